The van der Waals surface area contributed by atoms with Crippen LogP contribution in [-0.2, 0) is 4.74 Å². The lowest BCUT2D eigenvalue weighted by molar-refractivity contribution is 0.0214. The molecule has 2 aliphatic heterocycles. The molecule has 2 saturated heterocycles. The van der Waals surface area contributed by atoms with Gasteiger partial charge in [-0.25, -0.2) is 4.79 Å². The van der Waals surface area contributed by atoms with Crippen LogP contribution >= 0.6 is 11.6 Å². The van der Waals surface area contributed by atoms with Crippen molar-refractivity contribution in [3.8, 4) is 0 Å². The molecule has 7 heteroatoms. The van der Waals surface area contributed by atoms with Crippen LogP contribution in [0.5, 0.6) is 0 Å². The molecule has 2 aliphatic rings. The summed E-state index contributed by atoms with van der Waals surface area (Å²) in [4.78, 5) is 30.6. The van der Waals surface area contributed by atoms with E-state index >= 15 is 0 Å². The summed E-state index contributed by atoms with van der Waals surface area (Å²) in [7, 11) is 3.72. The van der Waals surface area contributed by atoms with Gasteiger partial charge in [0, 0.05) is 56.8 Å². The van der Waals surface area contributed by atoms with E-state index in [2.05, 4.69) is 4.90 Å². The maximum Gasteiger partial charge on any atom is 0.410 e. The highest BCUT2D eigenvalue weighted by molar-refractivity contribution is 6.34. The molecule has 0 aromatic heterocycles. The number of anilines is 1. The van der Waals surface area contributed by atoms with Crippen LogP contribution in [0.25, 0.3) is 0 Å². The molecule has 0 saturated carbocycles. The van der Waals surface area contributed by atoms with Crippen molar-refractivity contribution < 1.29 is 14.3 Å². The number of likely N-dealkylation sites (tertiary alicyclic amines) is 1. The molecule has 0 unspecified atom stereocenters. The smallest absolute Gasteiger partial charge is 0.410 e. The first-order valence-corrected chi connectivity index (χ1v) is 9.88. The van der Waals surface area contributed by atoms with Crippen LogP contribution in [0, 0.1) is 0 Å². The first kappa shape index (κ1) is 20.5. The van der Waals surface area contributed by atoms with Gasteiger partial charge >= 0.3 is 6.09 Å². The van der Waals surface area contributed by atoms with Gasteiger partial charge in [0.2, 0.25) is 0 Å². The Bertz CT molecular complexity index is 801. The molecular weight excluding hydrogens is 378 g/mol. The number of ether oxygens (including phenoxy) is 1. The van der Waals surface area contributed by atoms with Crippen molar-refractivity contribution in [2.75, 3.05) is 32.1 Å². The Morgan fingerprint density at radius 1 is 1.21 bits per heavy atom. The largest absolute Gasteiger partial charge is 0.444 e. The third kappa shape index (κ3) is 4.43. The highest BCUT2D eigenvalue weighted by Gasteiger charge is 2.46. The lowest BCUT2D eigenvalue weighted by Gasteiger charge is -2.36. The summed E-state index contributed by atoms with van der Waals surface area (Å²) in [6, 6.07) is 5.93. The molecule has 1 aromatic carbocycles. The Labute approximate surface area is 171 Å². The lowest BCUT2D eigenvalue weighted by Crippen LogP contribution is -2.50. The van der Waals surface area contributed by atoms with E-state index in [4.69, 9.17) is 16.3 Å². The minimum absolute atomic E-state index is 0.121. The lowest BCUT2D eigenvalue weighted by atomic mass is 10.1. The number of rotatable bonds is 4. The molecule has 0 N–H and O–H groups in total. The van der Waals surface area contributed by atoms with Crippen LogP contribution in [-0.4, -0.2) is 66.5 Å². The van der Waals surface area contributed by atoms with Crippen molar-refractivity contribution >= 4 is 29.2 Å². The second-order valence-electron chi connectivity index (χ2n) is 8.64. The SMILES string of the molecule is CN(C)/C=C/C(=O)c1ccc(N2C[C@@H]3C[C@H]2CN3C(=O)OC(C)(C)C)cc1Cl. The van der Waals surface area contributed by atoms with E-state index in [1.165, 1.54) is 6.08 Å². The predicted molar refractivity (Wildman–Crippen MR) is 111 cm³/mol. The molecule has 2 fully saturated rings. The fraction of sp³-hybridized carbons (Fsp3) is 0.524. The number of ketones is 1. The zero-order valence-electron chi connectivity index (χ0n) is 17.1. The highest BCUT2D eigenvalue weighted by atomic mass is 35.5. The van der Waals surface area contributed by atoms with Crippen molar-refractivity contribution in [2.24, 2.45) is 0 Å². The average molecular weight is 406 g/mol. The Morgan fingerprint density at radius 2 is 1.93 bits per heavy atom. The molecule has 0 radical (unpaired) electrons. The number of hydrogen-bond acceptors (Lipinski definition) is 5. The molecule has 28 heavy (non-hydrogen) atoms. The van der Waals surface area contributed by atoms with Crippen molar-refractivity contribution in [1.82, 2.24) is 9.80 Å². The molecule has 2 heterocycles. The van der Waals surface area contributed by atoms with Crippen LogP contribution in [0.4, 0.5) is 10.5 Å². The van der Waals surface area contributed by atoms with E-state index in [-0.39, 0.29) is 24.0 Å². The van der Waals surface area contributed by atoms with Gasteiger partial charge in [0.05, 0.1) is 11.1 Å². The zero-order valence-corrected chi connectivity index (χ0v) is 17.9. The standard InChI is InChI=1S/C21H28ClN3O3/c1-21(2,3)28-20(27)25-13-15-10-16(25)12-24(15)14-6-7-17(18(22)11-14)19(26)8-9-23(4)5/h6-9,11,15-16H,10,12-13H2,1-5H3/b9-8+/t15-,16-/m0/s1. The minimum Gasteiger partial charge on any atom is -0.444 e. The molecule has 6 nitrogen and oxygen atoms in total. The summed E-state index contributed by atoms with van der Waals surface area (Å²) in [6.07, 6.45) is 3.89. The fourth-order valence-corrected chi connectivity index (χ4v) is 3.98. The van der Waals surface area contributed by atoms with Gasteiger partial charge in [-0.1, -0.05) is 11.6 Å². The molecule has 3 rings (SSSR count). The number of hydrogen-bond donors (Lipinski definition) is 0. The van der Waals surface area contributed by atoms with E-state index in [1.807, 2.05) is 51.9 Å². The second-order valence-corrected chi connectivity index (χ2v) is 9.04. The van der Waals surface area contributed by atoms with Gasteiger partial charge in [0.25, 0.3) is 0 Å². The normalized spacial score (nSPS) is 21.5. The molecule has 152 valence electrons. The fourth-order valence-electron chi connectivity index (χ4n) is 3.72. The van der Waals surface area contributed by atoms with Gasteiger partial charge in [-0.3, -0.25) is 4.79 Å². The summed E-state index contributed by atoms with van der Waals surface area (Å²) >= 11 is 6.39. The molecule has 0 spiro atoms. The number of nitrogens with zero attached hydrogens (tertiary/aromatic N) is 3. The maximum absolute atomic E-state index is 12.4. The molecule has 1 amide bonds. The van der Waals surface area contributed by atoms with Crippen molar-refractivity contribution in [3.05, 3.63) is 41.1 Å². The third-order valence-electron chi connectivity index (χ3n) is 4.94. The van der Waals surface area contributed by atoms with E-state index in [9.17, 15) is 9.59 Å². The van der Waals surface area contributed by atoms with Gasteiger partial charge in [-0.15, -0.1) is 0 Å². The third-order valence-corrected chi connectivity index (χ3v) is 5.26. The summed E-state index contributed by atoms with van der Waals surface area (Å²) < 4.78 is 5.52. The van der Waals surface area contributed by atoms with Crippen molar-refractivity contribution in [2.45, 2.75) is 44.9 Å². The Kier molecular flexibility index (Phi) is 5.62. The summed E-state index contributed by atoms with van der Waals surface area (Å²) in [5.74, 6) is -0.121. The topological polar surface area (TPSA) is 53.1 Å². The van der Waals surface area contributed by atoms with Crippen LogP contribution in [0.2, 0.25) is 5.02 Å². The Balaban J connectivity index is 1.68. The van der Waals surface area contributed by atoms with Gasteiger partial charge in [0.1, 0.15) is 5.60 Å². The van der Waals surface area contributed by atoms with Gasteiger partial charge < -0.3 is 19.4 Å². The summed E-state index contributed by atoms with van der Waals surface area (Å²) in [5, 5.41) is 0.442. The average Bonchev–Trinajstić information content (AvgIpc) is 3.18. The number of allylic oxidation sites excluding steroid dienone is 1. The number of benzene rings is 1. The molecular formula is C21H28ClN3O3. The number of carbonyl (C=O) groups excluding carboxylic acids is 2. The van der Waals surface area contributed by atoms with Gasteiger partial charge in [0.15, 0.2) is 5.78 Å². The molecule has 1 aromatic rings. The second kappa shape index (κ2) is 7.66. The van der Waals surface area contributed by atoms with Gasteiger partial charge in [-0.2, -0.15) is 0 Å². The quantitative estimate of drug-likeness (QED) is 0.563. The maximum atomic E-state index is 12.4. The summed E-state index contributed by atoms with van der Waals surface area (Å²) in [6.45, 7) is 7.02. The number of carbonyl (C=O) groups is 2. The number of fused-ring (bicyclic) bond motifs is 2. The minimum atomic E-state index is -0.491. The molecule has 2 bridgehead atoms. The molecule has 2 atom stereocenters. The van der Waals surface area contributed by atoms with Crippen molar-refractivity contribution in [1.29, 1.82) is 0 Å². The van der Waals surface area contributed by atoms with E-state index in [1.54, 1.807) is 17.2 Å². The van der Waals surface area contributed by atoms with Crippen LogP contribution in [0.15, 0.2) is 30.5 Å². The van der Waals surface area contributed by atoms with Crippen molar-refractivity contribution in [3.63, 3.8) is 0 Å². The molecule has 0 aliphatic carbocycles. The Morgan fingerprint density at radius 3 is 2.46 bits per heavy atom. The number of amides is 1. The van der Waals surface area contributed by atoms with Crippen LogP contribution in [0.1, 0.15) is 37.6 Å². The van der Waals surface area contributed by atoms with E-state index in [0.717, 1.165) is 18.7 Å². The first-order chi connectivity index (χ1) is 13.0. The number of piperazine rings is 1. The summed E-state index contributed by atoms with van der Waals surface area (Å²) in [5.41, 5.74) is 0.980. The zero-order chi connectivity index (χ0) is 20.6. The predicted octanol–water partition coefficient (Wildman–Crippen LogP) is 3.80. The monoisotopic (exact) mass is 405 g/mol. The van der Waals surface area contributed by atoms with Gasteiger partial charge in [-0.05, 0) is 45.4 Å². The van der Waals surface area contributed by atoms with E-state index in [0.29, 0.717) is 17.1 Å². The Hall–Kier alpha value is -2.21. The highest BCUT2D eigenvalue weighted by Crippen LogP contribution is 2.36. The van der Waals surface area contributed by atoms with E-state index < -0.39 is 5.60 Å². The first-order valence-electron chi connectivity index (χ1n) is 9.50. The van der Waals surface area contributed by atoms with Crippen LogP contribution < -0.4 is 4.90 Å². The number of halogens is 1. The van der Waals surface area contributed by atoms with Crippen LogP contribution in [0.3, 0.4) is 0 Å².